The summed E-state index contributed by atoms with van der Waals surface area (Å²) < 4.78 is 0. The van der Waals surface area contributed by atoms with E-state index in [0.717, 1.165) is 16.7 Å². The molecule has 2 nitrogen and oxygen atoms in total. The van der Waals surface area contributed by atoms with Gasteiger partial charge < -0.3 is 5.11 Å². The van der Waals surface area contributed by atoms with Crippen LogP contribution in [0.5, 0.6) is 0 Å². The molecule has 0 heterocycles. The van der Waals surface area contributed by atoms with Crippen molar-refractivity contribution in [1.29, 1.82) is 0 Å². The van der Waals surface area contributed by atoms with Crippen molar-refractivity contribution < 1.29 is 9.90 Å². The molecule has 0 spiro atoms. The molecule has 0 amide bonds. The number of halogens is 1. The Labute approximate surface area is 111 Å². The van der Waals surface area contributed by atoms with Crippen molar-refractivity contribution in [2.45, 2.75) is 13.8 Å². The molecule has 2 rings (SSSR count). The van der Waals surface area contributed by atoms with Gasteiger partial charge in [0.05, 0.1) is 5.56 Å². The van der Waals surface area contributed by atoms with Gasteiger partial charge >= 0.3 is 5.97 Å². The summed E-state index contributed by atoms with van der Waals surface area (Å²) in [6, 6.07) is 10.8. The number of carboxylic acids is 1. The molecule has 0 bridgehead atoms. The van der Waals surface area contributed by atoms with E-state index in [9.17, 15) is 4.79 Å². The summed E-state index contributed by atoms with van der Waals surface area (Å²) in [5.41, 5.74) is 4.45. The molecule has 2 aromatic rings. The van der Waals surface area contributed by atoms with Gasteiger partial charge in [0.15, 0.2) is 0 Å². The molecule has 0 aliphatic carbocycles. The topological polar surface area (TPSA) is 37.3 Å². The van der Waals surface area contributed by atoms with Crippen molar-refractivity contribution in [2.75, 3.05) is 0 Å². The highest BCUT2D eigenvalue weighted by Crippen LogP contribution is 2.32. The Hall–Kier alpha value is -1.80. The summed E-state index contributed by atoms with van der Waals surface area (Å²) in [5, 5.41) is 9.37. The van der Waals surface area contributed by atoms with Crippen LogP contribution in [0.3, 0.4) is 0 Å². The number of aryl methyl sites for hydroxylation is 1. The highest BCUT2D eigenvalue weighted by atomic mass is 35.5. The molecule has 0 saturated heterocycles. The molecule has 0 aliphatic heterocycles. The van der Waals surface area contributed by atoms with E-state index in [1.54, 1.807) is 12.1 Å². The monoisotopic (exact) mass is 260 g/mol. The van der Waals surface area contributed by atoms with Crippen molar-refractivity contribution in [1.82, 2.24) is 0 Å². The summed E-state index contributed by atoms with van der Waals surface area (Å²) in [6.07, 6.45) is 0. The van der Waals surface area contributed by atoms with Crippen molar-refractivity contribution in [3.05, 3.63) is 58.1 Å². The van der Waals surface area contributed by atoms with E-state index < -0.39 is 5.97 Å². The second kappa shape index (κ2) is 4.83. The minimum absolute atomic E-state index is 0.203. The van der Waals surface area contributed by atoms with Crippen molar-refractivity contribution in [3.63, 3.8) is 0 Å². The number of carboxylic acid groups (broad SMARTS) is 1. The summed E-state index contributed by atoms with van der Waals surface area (Å²) in [5.74, 6) is -0.968. The van der Waals surface area contributed by atoms with Crippen LogP contribution in [0.4, 0.5) is 0 Å². The van der Waals surface area contributed by atoms with Gasteiger partial charge in [-0.25, -0.2) is 4.79 Å². The molecule has 0 saturated carbocycles. The lowest BCUT2D eigenvalue weighted by atomic mass is 9.96. The molecule has 92 valence electrons. The van der Waals surface area contributed by atoms with Gasteiger partial charge in [0.1, 0.15) is 0 Å². The van der Waals surface area contributed by atoms with Crippen LogP contribution >= 0.6 is 11.6 Å². The lowest BCUT2D eigenvalue weighted by Gasteiger charge is -2.10. The molecule has 0 fully saturated rings. The Balaban J connectivity index is 2.58. The third-order valence-corrected chi connectivity index (χ3v) is 3.42. The normalized spacial score (nSPS) is 10.4. The van der Waals surface area contributed by atoms with E-state index in [1.807, 2.05) is 32.0 Å². The zero-order valence-corrected chi connectivity index (χ0v) is 11.0. The lowest BCUT2D eigenvalue weighted by molar-refractivity contribution is 0.0697. The first kappa shape index (κ1) is 12.7. The van der Waals surface area contributed by atoms with E-state index in [-0.39, 0.29) is 5.56 Å². The fourth-order valence-electron chi connectivity index (χ4n) is 1.91. The quantitative estimate of drug-likeness (QED) is 0.873. The van der Waals surface area contributed by atoms with Gasteiger partial charge in [0.2, 0.25) is 0 Å². The molecule has 0 atom stereocenters. The Kier molecular flexibility index (Phi) is 3.39. The fourth-order valence-corrected chi connectivity index (χ4v) is 2.19. The number of hydrogen-bond donors (Lipinski definition) is 1. The lowest BCUT2D eigenvalue weighted by Crippen LogP contribution is -1.96. The van der Waals surface area contributed by atoms with Crippen LogP contribution in [-0.4, -0.2) is 11.1 Å². The molecular weight excluding hydrogens is 248 g/mol. The van der Waals surface area contributed by atoms with E-state index >= 15 is 0 Å². The summed E-state index contributed by atoms with van der Waals surface area (Å²) >= 11 is 6.17. The van der Waals surface area contributed by atoms with Crippen LogP contribution in [0.1, 0.15) is 21.5 Å². The zero-order valence-electron chi connectivity index (χ0n) is 10.2. The summed E-state index contributed by atoms with van der Waals surface area (Å²) in [6.45, 7) is 4.07. The number of benzene rings is 2. The van der Waals surface area contributed by atoms with Gasteiger partial charge in [-0.1, -0.05) is 35.9 Å². The first-order valence-corrected chi connectivity index (χ1v) is 5.98. The minimum Gasteiger partial charge on any atom is -0.478 e. The minimum atomic E-state index is -0.968. The second-order valence-corrected chi connectivity index (χ2v) is 4.65. The van der Waals surface area contributed by atoms with Crippen LogP contribution in [0, 0.1) is 13.8 Å². The highest BCUT2D eigenvalue weighted by Gasteiger charge is 2.10. The Morgan fingerprint density at radius 2 is 1.83 bits per heavy atom. The van der Waals surface area contributed by atoms with Gasteiger partial charge in [-0.15, -0.1) is 0 Å². The smallest absolute Gasteiger partial charge is 0.335 e. The highest BCUT2D eigenvalue weighted by molar-refractivity contribution is 6.33. The third kappa shape index (κ3) is 2.24. The molecule has 18 heavy (non-hydrogen) atoms. The predicted molar refractivity (Wildman–Crippen MR) is 73.3 cm³/mol. The van der Waals surface area contributed by atoms with Crippen molar-refractivity contribution in [3.8, 4) is 11.1 Å². The Morgan fingerprint density at radius 1 is 1.11 bits per heavy atom. The van der Waals surface area contributed by atoms with Gasteiger partial charge in [0.25, 0.3) is 0 Å². The van der Waals surface area contributed by atoms with Gasteiger partial charge in [0, 0.05) is 10.6 Å². The van der Waals surface area contributed by atoms with E-state index in [0.29, 0.717) is 5.02 Å². The Morgan fingerprint density at radius 3 is 2.44 bits per heavy atom. The predicted octanol–water partition coefficient (Wildman–Crippen LogP) is 4.32. The SMILES string of the molecule is Cc1cccc(-c2ccc(C(=O)O)cc2Cl)c1C. The summed E-state index contributed by atoms with van der Waals surface area (Å²) in [7, 11) is 0. The van der Waals surface area contributed by atoms with E-state index in [2.05, 4.69) is 0 Å². The maximum Gasteiger partial charge on any atom is 0.335 e. The number of carbonyl (C=O) groups is 1. The number of hydrogen-bond acceptors (Lipinski definition) is 1. The zero-order chi connectivity index (χ0) is 13.3. The molecule has 0 radical (unpaired) electrons. The van der Waals surface area contributed by atoms with Gasteiger partial charge in [-0.2, -0.15) is 0 Å². The van der Waals surface area contributed by atoms with Gasteiger partial charge in [-0.05, 0) is 42.7 Å². The van der Waals surface area contributed by atoms with E-state index in [4.69, 9.17) is 16.7 Å². The first-order valence-electron chi connectivity index (χ1n) is 5.60. The fraction of sp³-hybridized carbons (Fsp3) is 0.133. The molecule has 2 aromatic carbocycles. The first-order chi connectivity index (χ1) is 8.50. The molecular formula is C15H13ClO2. The number of aromatic carboxylic acids is 1. The van der Waals surface area contributed by atoms with Crippen LogP contribution in [-0.2, 0) is 0 Å². The number of rotatable bonds is 2. The largest absolute Gasteiger partial charge is 0.478 e. The molecule has 0 unspecified atom stereocenters. The molecule has 0 aromatic heterocycles. The third-order valence-electron chi connectivity index (χ3n) is 3.11. The molecule has 1 N–H and O–H groups in total. The summed E-state index contributed by atoms with van der Waals surface area (Å²) in [4.78, 5) is 10.9. The van der Waals surface area contributed by atoms with Crippen molar-refractivity contribution in [2.24, 2.45) is 0 Å². The maximum absolute atomic E-state index is 10.9. The van der Waals surface area contributed by atoms with Crippen LogP contribution < -0.4 is 0 Å². The van der Waals surface area contributed by atoms with Crippen LogP contribution in [0.15, 0.2) is 36.4 Å². The van der Waals surface area contributed by atoms with Gasteiger partial charge in [-0.3, -0.25) is 0 Å². The average Bonchev–Trinajstić information content (AvgIpc) is 2.33. The van der Waals surface area contributed by atoms with Crippen molar-refractivity contribution >= 4 is 17.6 Å². The molecule has 3 heteroatoms. The Bertz CT molecular complexity index is 618. The molecule has 0 aliphatic rings. The van der Waals surface area contributed by atoms with E-state index in [1.165, 1.54) is 11.6 Å². The van der Waals surface area contributed by atoms with Crippen LogP contribution in [0.25, 0.3) is 11.1 Å². The maximum atomic E-state index is 10.9. The van der Waals surface area contributed by atoms with Crippen LogP contribution in [0.2, 0.25) is 5.02 Å². The average molecular weight is 261 g/mol. The second-order valence-electron chi connectivity index (χ2n) is 4.25. The standard InChI is InChI=1S/C15H13ClO2/c1-9-4-3-5-12(10(9)2)13-7-6-11(15(17)18)8-14(13)16/h3-8H,1-2H3,(H,17,18).